The summed E-state index contributed by atoms with van der Waals surface area (Å²) in [5.74, 6) is -0.769. The summed E-state index contributed by atoms with van der Waals surface area (Å²) in [7, 11) is 0. The van der Waals surface area contributed by atoms with Crippen molar-refractivity contribution < 1.29 is 43.3 Å². The smallest absolute Gasteiger partial charge is 0.416 e. The molecule has 0 radical (unpaired) electrons. The van der Waals surface area contributed by atoms with Gasteiger partial charge in [0.25, 0.3) is 0 Å². The Hall–Kier alpha value is -2.37. The van der Waals surface area contributed by atoms with Gasteiger partial charge in [0, 0.05) is 18.8 Å². The van der Waals surface area contributed by atoms with Gasteiger partial charge in [0.2, 0.25) is 5.91 Å². The molecule has 0 spiro atoms. The number of nitrogens with one attached hydrogen (secondary N) is 1. The number of carbonyl (C=O) groups excluding carboxylic acids is 1. The van der Waals surface area contributed by atoms with Gasteiger partial charge in [0.15, 0.2) is 0 Å². The highest BCUT2D eigenvalue weighted by molar-refractivity contribution is 5.89. The number of halogens is 3. The molecular formula is C23H33F3N2O6. The third kappa shape index (κ3) is 8.77. The van der Waals surface area contributed by atoms with Gasteiger partial charge in [-0.2, -0.15) is 13.2 Å². The summed E-state index contributed by atoms with van der Waals surface area (Å²) in [5, 5.41) is 41.9. The van der Waals surface area contributed by atoms with Gasteiger partial charge < -0.3 is 20.2 Å². The number of benzene rings is 1. The van der Waals surface area contributed by atoms with E-state index in [0.29, 0.717) is 25.0 Å². The van der Waals surface area contributed by atoms with Crippen molar-refractivity contribution in [3.8, 4) is 5.75 Å². The van der Waals surface area contributed by atoms with Crippen LogP contribution in [0.4, 0.5) is 13.2 Å². The number of aliphatic hydroxyl groups excluding tert-OH is 2. The van der Waals surface area contributed by atoms with E-state index in [2.05, 4.69) is 5.16 Å². The number of hydrogen-bond donors (Lipinski definition) is 5. The van der Waals surface area contributed by atoms with E-state index < -0.39 is 29.9 Å². The number of carbonyl (C=O) groups is 1. The standard InChI is InChI=1S/C23H33F3N2O6/c24-23(25,26)15-6-5-7-17(12-15)34-14-16(29)10-11-18-19(21(30)13-20(18)27-32)8-3-1-2-4-9-22(31)28-33/h5-7,12,16,18-19,21,29-30,32-33H,1-4,8-11,13-14H2,(H,28,31)/b27-20-/t16-,18-,19-,21+/m1/s1. The second kappa shape index (κ2) is 13.5. The van der Waals surface area contributed by atoms with Gasteiger partial charge in [-0.15, -0.1) is 0 Å². The van der Waals surface area contributed by atoms with Crippen LogP contribution in [0.25, 0.3) is 0 Å². The Kier molecular flexibility index (Phi) is 11.1. The molecule has 0 bridgehead atoms. The average Bonchev–Trinajstić information content (AvgIpc) is 3.12. The highest BCUT2D eigenvalue weighted by atomic mass is 19.4. The molecule has 1 amide bonds. The monoisotopic (exact) mass is 490 g/mol. The maximum atomic E-state index is 12.8. The highest BCUT2D eigenvalue weighted by Crippen LogP contribution is 2.37. The SMILES string of the molecule is O=C(CCCCCC[C@H]1[C@@H](O)C/C(=N/O)[C@@H]1CC[C@@H](O)COc1cccc(C(F)(F)F)c1)NO. The minimum Gasteiger partial charge on any atom is -0.491 e. The Morgan fingerprint density at radius 3 is 2.62 bits per heavy atom. The number of nitrogens with zero attached hydrogens (tertiary/aromatic N) is 1. The zero-order chi connectivity index (χ0) is 25.1. The molecular weight excluding hydrogens is 457 g/mol. The van der Waals surface area contributed by atoms with Gasteiger partial charge >= 0.3 is 6.18 Å². The van der Waals surface area contributed by atoms with Crippen molar-refractivity contribution in [2.45, 2.75) is 76.2 Å². The van der Waals surface area contributed by atoms with Crippen LogP contribution in [0.3, 0.4) is 0 Å². The summed E-state index contributed by atoms with van der Waals surface area (Å²) in [4.78, 5) is 11.0. The summed E-state index contributed by atoms with van der Waals surface area (Å²) in [6.45, 7) is -0.186. The molecule has 2 rings (SSSR count). The molecule has 192 valence electrons. The Morgan fingerprint density at radius 2 is 1.94 bits per heavy atom. The van der Waals surface area contributed by atoms with Gasteiger partial charge in [-0.1, -0.05) is 30.5 Å². The Bertz CT molecular complexity index is 805. The molecule has 34 heavy (non-hydrogen) atoms. The normalized spacial score (nSPS) is 22.6. The number of ether oxygens (including phenoxy) is 1. The van der Waals surface area contributed by atoms with Crippen LogP contribution in [-0.4, -0.2) is 51.1 Å². The fraction of sp³-hybridized carbons (Fsp3) is 0.652. The first kappa shape index (κ1) is 27.9. The predicted octanol–water partition coefficient (Wildman–Crippen LogP) is 3.90. The van der Waals surface area contributed by atoms with Crippen molar-refractivity contribution in [2.24, 2.45) is 17.0 Å². The molecule has 0 unspecified atom stereocenters. The van der Waals surface area contributed by atoms with Crippen LogP contribution in [0.5, 0.6) is 5.75 Å². The molecule has 1 aliphatic rings. The molecule has 1 aromatic rings. The Morgan fingerprint density at radius 1 is 1.21 bits per heavy atom. The number of oxime groups is 1. The van der Waals surface area contributed by atoms with Crippen molar-refractivity contribution in [1.29, 1.82) is 0 Å². The van der Waals surface area contributed by atoms with Crippen LogP contribution in [-0.2, 0) is 11.0 Å². The van der Waals surface area contributed by atoms with Gasteiger partial charge in [-0.05, 0) is 49.8 Å². The first-order valence-corrected chi connectivity index (χ1v) is 11.5. The summed E-state index contributed by atoms with van der Waals surface area (Å²) in [6, 6.07) is 4.44. The van der Waals surface area contributed by atoms with E-state index in [0.717, 1.165) is 31.4 Å². The van der Waals surface area contributed by atoms with Gasteiger partial charge in [-0.3, -0.25) is 10.0 Å². The first-order chi connectivity index (χ1) is 16.2. The lowest BCUT2D eigenvalue weighted by Crippen LogP contribution is -2.24. The summed E-state index contributed by atoms with van der Waals surface area (Å²) in [5.41, 5.74) is 1.23. The second-order valence-corrected chi connectivity index (χ2v) is 8.69. The van der Waals surface area contributed by atoms with Crippen molar-refractivity contribution in [2.75, 3.05) is 6.61 Å². The van der Waals surface area contributed by atoms with Gasteiger partial charge in [-0.25, -0.2) is 5.48 Å². The van der Waals surface area contributed by atoms with E-state index in [-0.39, 0.29) is 43.5 Å². The molecule has 8 nitrogen and oxygen atoms in total. The third-order valence-electron chi connectivity index (χ3n) is 6.22. The summed E-state index contributed by atoms with van der Waals surface area (Å²) in [6.07, 6.45) is -1.11. The summed E-state index contributed by atoms with van der Waals surface area (Å²) >= 11 is 0. The van der Waals surface area contributed by atoms with Crippen LogP contribution < -0.4 is 10.2 Å². The Balaban J connectivity index is 1.80. The van der Waals surface area contributed by atoms with Crippen molar-refractivity contribution in [3.05, 3.63) is 29.8 Å². The minimum atomic E-state index is -4.48. The van der Waals surface area contributed by atoms with Gasteiger partial charge in [0.05, 0.1) is 23.5 Å². The molecule has 4 atom stereocenters. The first-order valence-electron chi connectivity index (χ1n) is 11.5. The van der Waals surface area contributed by atoms with E-state index in [4.69, 9.17) is 9.94 Å². The van der Waals surface area contributed by atoms with Crippen LogP contribution in [0.15, 0.2) is 29.4 Å². The summed E-state index contributed by atoms with van der Waals surface area (Å²) < 4.78 is 43.8. The molecule has 0 heterocycles. The van der Waals surface area contributed by atoms with E-state index >= 15 is 0 Å². The molecule has 0 aromatic heterocycles. The second-order valence-electron chi connectivity index (χ2n) is 8.69. The van der Waals surface area contributed by atoms with Crippen molar-refractivity contribution in [3.63, 3.8) is 0 Å². The lowest BCUT2D eigenvalue weighted by atomic mass is 9.85. The van der Waals surface area contributed by atoms with Crippen LogP contribution in [0.2, 0.25) is 0 Å². The van der Waals surface area contributed by atoms with Crippen LogP contribution in [0, 0.1) is 11.8 Å². The highest BCUT2D eigenvalue weighted by Gasteiger charge is 2.39. The third-order valence-corrected chi connectivity index (χ3v) is 6.22. The minimum absolute atomic E-state index is 0.0112. The van der Waals surface area contributed by atoms with E-state index in [1.807, 2.05) is 0 Å². The van der Waals surface area contributed by atoms with E-state index in [1.165, 1.54) is 12.1 Å². The number of rotatable bonds is 13. The number of hydroxylamine groups is 1. The average molecular weight is 491 g/mol. The fourth-order valence-electron chi connectivity index (χ4n) is 4.41. The number of alkyl halides is 3. The zero-order valence-corrected chi connectivity index (χ0v) is 18.9. The van der Waals surface area contributed by atoms with Gasteiger partial charge in [0.1, 0.15) is 12.4 Å². The fourth-order valence-corrected chi connectivity index (χ4v) is 4.41. The molecule has 5 N–H and O–H groups in total. The lowest BCUT2D eigenvalue weighted by molar-refractivity contribution is -0.137. The Labute approximate surface area is 196 Å². The molecule has 11 heteroatoms. The van der Waals surface area contributed by atoms with E-state index in [1.54, 1.807) is 5.48 Å². The van der Waals surface area contributed by atoms with Crippen LogP contribution in [0.1, 0.15) is 63.4 Å². The number of unbranched alkanes of at least 4 members (excludes halogenated alkanes) is 3. The topological polar surface area (TPSA) is 132 Å². The van der Waals surface area contributed by atoms with Crippen LogP contribution >= 0.6 is 0 Å². The maximum Gasteiger partial charge on any atom is 0.416 e. The van der Waals surface area contributed by atoms with E-state index in [9.17, 15) is 33.4 Å². The molecule has 0 saturated heterocycles. The molecule has 1 saturated carbocycles. The number of amides is 1. The molecule has 1 aromatic carbocycles. The molecule has 1 aliphatic carbocycles. The quantitative estimate of drug-likeness (QED) is 0.123. The number of aliphatic hydroxyl groups is 2. The lowest BCUT2D eigenvalue weighted by Gasteiger charge is -2.23. The zero-order valence-electron chi connectivity index (χ0n) is 18.9. The van der Waals surface area contributed by atoms with Crippen molar-refractivity contribution in [1.82, 2.24) is 5.48 Å². The maximum absolute atomic E-state index is 12.8. The molecule has 1 fully saturated rings. The number of hydrogen-bond acceptors (Lipinski definition) is 7. The van der Waals surface area contributed by atoms with Crippen molar-refractivity contribution >= 4 is 11.6 Å². The largest absolute Gasteiger partial charge is 0.491 e. The predicted molar refractivity (Wildman–Crippen MR) is 117 cm³/mol. The molecule has 0 aliphatic heterocycles.